The summed E-state index contributed by atoms with van der Waals surface area (Å²) in [5, 5.41) is 1.22. The van der Waals surface area contributed by atoms with Crippen LogP contribution in [-0.2, 0) is 24.3 Å². The number of alkyl halides is 1. The predicted molar refractivity (Wildman–Crippen MR) is 106 cm³/mol. The monoisotopic (exact) mass is 367 g/mol. The van der Waals surface area contributed by atoms with E-state index in [2.05, 4.69) is 30.1 Å². The lowest BCUT2D eigenvalue weighted by atomic mass is 10.0. The first-order valence-corrected chi connectivity index (χ1v) is 9.32. The van der Waals surface area contributed by atoms with Crippen LogP contribution in [0.3, 0.4) is 0 Å². The van der Waals surface area contributed by atoms with Gasteiger partial charge in [-0.1, -0.05) is 48.5 Å². The van der Waals surface area contributed by atoms with Crippen LogP contribution in [0.4, 0.5) is 0 Å². The lowest BCUT2D eigenvalue weighted by Gasteiger charge is -2.19. The summed E-state index contributed by atoms with van der Waals surface area (Å²) < 4.78 is 11.8. The summed E-state index contributed by atoms with van der Waals surface area (Å²) >= 11 is 6.52. The zero-order chi connectivity index (χ0) is 17.9. The maximum absolute atomic E-state index is 6.52. The number of nitrogens with zero attached hydrogens (tertiary/aromatic N) is 1. The number of likely N-dealkylation sites (N-methyl/N-ethyl adjacent to an activating group) is 1. The molecule has 1 aromatic heterocycles. The third kappa shape index (κ3) is 3.56. The van der Waals surface area contributed by atoms with Crippen molar-refractivity contribution in [3.05, 3.63) is 77.1 Å². The summed E-state index contributed by atoms with van der Waals surface area (Å²) in [5.74, 6) is 0.897. The van der Waals surface area contributed by atoms with Crippen LogP contribution in [0.5, 0.6) is 0 Å². The quantitative estimate of drug-likeness (QED) is 0.351. The molecule has 0 bridgehead atoms. The van der Waals surface area contributed by atoms with E-state index in [0.29, 0.717) is 13.2 Å². The minimum atomic E-state index is -0.000893. The van der Waals surface area contributed by atoms with Crippen LogP contribution in [0.15, 0.2) is 59.0 Å². The highest BCUT2D eigenvalue weighted by Crippen LogP contribution is 2.35. The molecule has 1 aliphatic heterocycles. The molecule has 0 amide bonds. The summed E-state index contributed by atoms with van der Waals surface area (Å²) in [4.78, 5) is 2.16. The van der Waals surface area contributed by atoms with Crippen molar-refractivity contribution in [3.63, 3.8) is 0 Å². The van der Waals surface area contributed by atoms with E-state index in [-0.39, 0.29) is 5.50 Å². The molecule has 2 aromatic carbocycles. The predicted octanol–water partition coefficient (Wildman–Crippen LogP) is 5.22. The Morgan fingerprint density at radius 2 is 2.04 bits per heavy atom. The minimum absolute atomic E-state index is 0.000893. The molecular formula is C22H22ClNO2. The summed E-state index contributed by atoms with van der Waals surface area (Å²) in [7, 11) is 2.05. The number of benzene rings is 2. The third-order valence-corrected chi connectivity index (χ3v) is 5.29. The number of rotatable bonds is 5. The van der Waals surface area contributed by atoms with E-state index < -0.39 is 0 Å². The van der Waals surface area contributed by atoms with E-state index in [9.17, 15) is 0 Å². The second-order valence-electron chi connectivity index (χ2n) is 6.69. The van der Waals surface area contributed by atoms with Gasteiger partial charge >= 0.3 is 0 Å². The van der Waals surface area contributed by atoms with Gasteiger partial charge in [-0.05, 0) is 30.3 Å². The van der Waals surface area contributed by atoms with Crippen molar-refractivity contribution in [2.45, 2.75) is 25.1 Å². The van der Waals surface area contributed by atoms with Crippen LogP contribution < -0.4 is 0 Å². The van der Waals surface area contributed by atoms with E-state index in [1.165, 1.54) is 22.1 Å². The fourth-order valence-electron chi connectivity index (χ4n) is 3.43. The van der Waals surface area contributed by atoms with Crippen molar-refractivity contribution >= 4 is 28.6 Å². The molecule has 3 nitrogen and oxygen atoms in total. The SMILES string of the molecule is CN1Cc2c(C=CCOCc3ccccc3)oc3cccc(c23)CC1Cl. The Morgan fingerprint density at radius 3 is 2.88 bits per heavy atom. The average Bonchev–Trinajstić information content (AvgIpc) is 2.94. The maximum Gasteiger partial charge on any atom is 0.135 e. The summed E-state index contributed by atoms with van der Waals surface area (Å²) in [6, 6.07) is 16.4. The van der Waals surface area contributed by atoms with Gasteiger partial charge in [-0.15, -0.1) is 11.6 Å². The van der Waals surface area contributed by atoms with Crippen LogP contribution in [0.2, 0.25) is 0 Å². The standard InChI is InChI=1S/C22H22ClNO2/c1-24-14-18-19(11-6-12-25-15-16-7-3-2-4-8-16)26-20-10-5-9-17(22(18)20)13-21(24)23/h2-11,21H,12-15H2,1H3. The number of hydrogen-bond donors (Lipinski definition) is 0. The Balaban J connectivity index is 1.51. The Labute approximate surface area is 158 Å². The van der Waals surface area contributed by atoms with Crippen LogP contribution in [0.25, 0.3) is 17.0 Å². The number of furan rings is 1. The number of hydrogen-bond acceptors (Lipinski definition) is 3. The van der Waals surface area contributed by atoms with E-state index in [1.54, 1.807) is 0 Å². The highest BCUT2D eigenvalue weighted by Gasteiger charge is 2.24. The molecule has 26 heavy (non-hydrogen) atoms. The smallest absolute Gasteiger partial charge is 0.135 e. The molecule has 0 fully saturated rings. The Bertz CT molecular complexity index is 917. The fourth-order valence-corrected chi connectivity index (χ4v) is 3.66. The van der Waals surface area contributed by atoms with E-state index >= 15 is 0 Å². The van der Waals surface area contributed by atoms with Crippen LogP contribution >= 0.6 is 11.6 Å². The Morgan fingerprint density at radius 1 is 1.19 bits per heavy atom. The first-order chi connectivity index (χ1) is 12.7. The van der Waals surface area contributed by atoms with Gasteiger partial charge in [0.2, 0.25) is 0 Å². The average molecular weight is 368 g/mol. The van der Waals surface area contributed by atoms with Crippen molar-refractivity contribution in [3.8, 4) is 0 Å². The first kappa shape index (κ1) is 17.3. The van der Waals surface area contributed by atoms with Crippen molar-refractivity contribution in [2.75, 3.05) is 13.7 Å². The van der Waals surface area contributed by atoms with Gasteiger partial charge in [-0.25, -0.2) is 0 Å². The largest absolute Gasteiger partial charge is 0.456 e. The molecule has 4 rings (SSSR count). The summed E-state index contributed by atoms with van der Waals surface area (Å²) in [6.45, 7) is 1.94. The first-order valence-electron chi connectivity index (χ1n) is 8.88. The normalized spacial score (nSPS) is 17.8. The molecule has 0 saturated heterocycles. The van der Waals surface area contributed by atoms with E-state index in [4.69, 9.17) is 20.8 Å². The molecule has 0 saturated carbocycles. The summed E-state index contributed by atoms with van der Waals surface area (Å²) in [6.07, 6.45) is 4.86. The molecule has 3 aromatic rings. The lowest BCUT2D eigenvalue weighted by molar-refractivity contribution is 0.149. The van der Waals surface area contributed by atoms with Crippen molar-refractivity contribution in [1.29, 1.82) is 0 Å². The van der Waals surface area contributed by atoms with Crippen molar-refractivity contribution < 1.29 is 9.15 Å². The molecule has 134 valence electrons. The maximum atomic E-state index is 6.52. The molecule has 1 aliphatic rings. The third-order valence-electron chi connectivity index (χ3n) is 4.80. The highest BCUT2D eigenvalue weighted by atomic mass is 35.5. The van der Waals surface area contributed by atoms with Crippen LogP contribution in [0, 0.1) is 0 Å². The molecule has 4 heteroatoms. The summed E-state index contributed by atoms with van der Waals surface area (Å²) in [5.41, 5.74) is 4.57. The molecule has 1 atom stereocenters. The van der Waals surface area contributed by atoms with Crippen molar-refractivity contribution in [2.24, 2.45) is 0 Å². The Hall–Kier alpha value is -2.07. The molecule has 2 heterocycles. The molecule has 0 radical (unpaired) electrons. The lowest BCUT2D eigenvalue weighted by Crippen LogP contribution is -2.26. The highest BCUT2D eigenvalue weighted by molar-refractivity contribution is 6.20. The van der Waals surface area contributed by atoms with Gasteiger partial charge in [0.05, 0.1) is 18.7 Å². The topological polar surface area (TPSA) is 25.6 Å². The molecule has 0 aliphatic carbocycles. The fraction of sp³-hybridized carbons (Fsp3) is 0.273. The van der Waals surface area contributed by atoms with Gasteiger partial charge in [0.15, 0.2) is 0 Å². The molecular weight excluding hydrogens is 346 g/mol. The second kappa shape index (κ2) is 7.67. The van der Waals surface area contributed by atoms with Gasteiger partial charge in [0, 0.05) is 23.9 Å². The van der Waals surface area contributed by atoms with Crippen molar-refractivity contribution in [1.82, 2.24) is 4.90 Å². The van der Waals surface area contributed by atoms with Crippen LogP contribution in [-0.4, -0.2) is 24.1 Å². The van der Waals surface area contributed by atoms with E-state index in [0.717, 1.165) is 24.3 Å². The number of halogens is 1. The van der Waals surface area contributed by atoms with Gasteiger partial charge in [-0.2, -0.15) is 0 Å². The van der Waals surface area contributed by atoms with Gasteiger partial charge in [0.25, 0.3) is 0 Å². The minimum Gasteiger partial charge on any atom is -0.456 e. The molecule has 0 N–H and O–H groups in total. The Kier molecular flexibility index (Phi) is 5.11. The van der Waals surface area contributed by atoms with E-state index in [1.807, 2.05) is 42.5 Å². The van der Waals surface area contributed by atoms with Crippen LogP contribution in [0.1, 0.15) is 22.5 Å². The zero-order valence-corrected chi connectivity index (χ0v) is 15.6. The molecule has 1 unspecified atom stereocenters. The van der Waals surface area contributed by atoms with Gasteiger partial charge in [-0.3, -0.25) is 4.90 Å². The molecule has 0 spiro atoms. The van der Waals surface area contributed by atoms with Gasteiger partial charge < -0.3 is 9.15 Å². The number of ether oxygens (including phenoxy) is 1. The second-order valence-corrected chi connectivity index (χ2v) is 7.20. The van der Waals surface area contributed by atoms with Gasteiger partial charge in [0.1, 0.15) is 11.3 Å². The zero-order valence-electron chi connectivity index (χ0n) is 14.8.